The van der Waals surface area contributed by atoms with Gasteiger partial charge in [0.1, 0.15) is 0 Å². The normalized spacial score (nSPS) is 10.8. The number of benzene rings is 2. The van der Waals surface area contributed by atoms with Crippen LogP contribution in [0.5, 0.6) is 0 Å². The van der Waals surface area contributed by atoms with Crippen LogP contribution < -0.4 is 10.6 Å². The molecule has 0 fully saturated rings. The van der Waals surface area contributed by atoms with Crippen LogP contribution in [0.2, 0.25) is 5.02 Å². The number of nitrogens with zero attached hydrogens (tertiary/aromatic N) is 2. The molecule has 0 bridgehead atoms. The molecule has 4 rings (SSSR count). The van der Waals surface area contributed by atoms with Crippen LogP contribution >= 0.6 is 11.6 Å². The van der Waals surface area contributed by atoms with Crippen molar-refractivity contribution in [2.24, 2.45) is 0 Å². The molecule has 3 N–H and O–H groups in total. The molecule has 0 spiro atoms. The number of H-pyrrole nitrogens is 1. The maximum absolute atomic E-state index is 11.9. The summed E-state index contributed by atoms with van der Waals surface area (Å²) in [5, 5.41) is 10.8. The Labute approximate surface area is 165 Å². The maximum Gasteiger partial charge on any atom is 0.313 e. The van der Waals surface area contributed by atoms with E-state index in [0.29, 0.717) is 10.7 Å². The fraction of sp³-hybridized carbons (Fsp3) is 0.0500. The quantitative estimate of drug-likeness (QED) is 0.466. The summed E-state index contributed by atoms with van der Waals surface area (Å²) in [7, 11) is 1.41. The van der Waals surface area contributed by atoms with Gasteiger partial charge >= 0.3 is 11.8 Å². The van der Waals surface area contributed by atoms with Crippen molar-refractivity contribution in [2.75, 3.05) is 12.4 Å². The van der Waals surface area contributed by atoms with E-state index >= 15 is 0 Å². The molecule has 0 saturated heterocycles. The van der Waals surface area contributed by atoms with Crippen molar-refractivity contribution in [1.82, 2.24) is 20.1 Å². The number of nitrogens with one attached hydrogen (secondary N) is 3. The Morgan fingerprint density at radius 3 is 2.75 bits per heavy atom. The molecule has 0 radical (unpaired) electrons. The van der Waals surface area contributed by atoms with Crippen LogP contribution in [0.15, 0.2) is 61.1 Å². The van der Waals surface area contributed by atoms with Gasteiger partial charge in [0.05, 0.1) is 17.6 Å². The molecule has 0 aliphatic heterocycles. The van der Waals surface area contributed by atoms with Crippen molar-refractivity contribution in [3.63, 3.8) is 0 Å². The number of fused-ring (bicyclic) bond motifs is 1. The van der Waals surface area contributed by atoms with Crippen LogP contribution in [0.1, 0.15) is 0 Å². The number of aromatic nitrogens is 3. The SMILES string of the molecule is CNC(=O)C(=O)Nc1c[nH]c2ccc(-c3cnn(-c4cccc(Cl)c4)c3)cc12. The summed E-state index contributed by atoms with van der Waals surface area (Å²) < 4.78 is 1.75. The first-order valence-corrected chi connectivity index (χ1v) is 8.88. The van der Waals surface area contributed by atoms with Gasteiger partial charge in [-0.15, -0.1) is 0 Å². The van der Waals surface area contributed by atoms with E-state index in [4.69, 9.17) is 11.6 Å². The summed E-state index contributed by atoms with van der Waals surface area (Å²) >= 11 is 6.06. The first kappa shape index (κ1) is 17.8. The van der Waals surface area contributed by atoms with Gasteiger partial charge in [-0.05, 0) is 35.9 Å². The summed E-state index contributed by atoms with van der Waals surface area (Å²) in [5.74, 6) is -1.42. The zero-order chi connectivity index (χ0) is 19.7. The van der Waals surface area contributed by atoms with Gasteiger partial charge in [0.2, 0.25) is 0 Å². The van der Waals surface area contributed by atoms with E-state index in [1.807, 2.05) is 48.7 Å². The van der Waals surface area contributed by atoms with Crippen LogP contribution in [0.25, 0.3) is 27.7 Å². The molecule has 28 heavy (non-hydrogen) atoms. The predicted octanol–water partition coefficient (Wildman–Crippen LogP) is 3.36. The second-order valence-electron chi connectivity index (χ2n) is 6.15. The Morgan fingerprint density at radius 2 is 1.96 bits per heavy atom. The molecule has 8 heteroatoms. The minimum Gasteiger partial charge on any atom is -0.359 e. The van der Waals surface area contributed by atoms with Gasteiger partial charge < -0.3 is 15.6 Å². The van der Waals surface area contributed by atoms with Gasteiger partial charge in [-0.1, -0.05) is 23.7 Å². The van der Waals surface area contributed by atoms with Gasteiger partial charge in [-0.25, -0.2) is 4.68 Å². The third-order valence-corrected chi connectivity index (χ3v) is 4.59. The van der Waals surface area contributed by atoms with Crippen molar-refractivity contribution >= 4 is 40.0 Å². The number of halogens is 1. The lowest BCUT2D eigenvalue weighted by molar-refractivity contribution is -0.135. The smallest absolute Gasteiger partial charge is 0.313 e. The third kappa shape index (κ3) is 3.35. The molecule has 7 nitrogen and oxygen atoms in total. The number of hydrogen-bond donors (Lipinski definition) is 3. The Morgan fingerprint density at radius 1 is 1.11 bits per heavy atom. The second-order valence-corrected chi connectivity index (χ2v) is 6.59. The second kappa shape index (κ2) is 7.21. The lowest BCUT2D eigenvalue weighted by atomic mass is 10.1. The van der Waals surface area contributed by atoms with Gasteiger partial charge in [-0.2, -0.15) is 5.10 Å². The average molecular weight is 394 g/mol. The fourth-order valence-corrected chi connectivity index (χ4v) is 3.11. The topological polar surface area (TPSA) is 91.8 Å². The highest BCUT2D eigenvalue weighted by Crippen LogP contribution is 2.29. The van der Waals surface area contributed by atoms with E-state index in [9.17, 15) is 9.59 Å². The Hall–Kier alpha value is -3.58. The zero-order valence-electron chi connectivity index (χ0n) is 14.9. The highest BCUT2D eigenvalue weighted by Gasteiger charge is 2.14. The molecule has 0 aliphatic carbocycles. The van der Waals surface area contributed by atoms with Crippen molar-refractivity contribution in [3.8, 4) is 16.8 Å². The molecule has 0 aliphatic rings. The highest BCUT2D eigenvalue weighted by atomic mass is 35.5. The number of carbonyl (C=O) groups is 2. The average Bonchev–Trinajstić information content (AvgIpc) is 3.34. The number of likely N-dealkylation sites (N-methyl/N-ethyl adjacent to an activating group) is 1. The van der Waals surface area contributed by atoms with E-state index in [1.165, 1.54) is 7.05 Å². The number of rotatable bonds is 3. The number of hydrogen-bond acceptors (Lipinski definition) is 3. The minimum absolute atomic E-state index is 0.535. The van der Waals surface area contributed by atoms with E-state index in [0.717, 1.165) is 27.7 Å². The van der Waals surface area contributed by atoms with Gasteiger partial charge in [-0.3, -0.25) is 9.59 Å². The third-order valence-electron chi connectivity index (χ3n) is 4.35. The lowest BCUT2D eigenvalue weighted by Crippen LogP contribution is -2.32. The van der Waals surface area contributed by atoms with Crippen LogP contribution in [-0.4, -0.2) is 33.6 Å². The monoisotopic (exact) mass is 393 g/mol. The largest absolute Gasteiger partial charge is 0.359 e. The van der Waals surface area contributed by atoms with E-state index < -0.39 is 11.8 Å². The van der Waals surface area contributed by atoms with E-state index in [2.05, 4.69) is 20.7 Å². The summed E-state index contributed by atoms with van der Waals surface area (Å²) in [6, 6.07) is 13.2. The van der Waals surface area contributed by atoms with Crippen molar-refractivity contribution in [3.05, 3.63) is 66.1 Å². The number of anilines is 1. The first-order valence-electron chi connectivity index (χ1n) is 8.50. The molecule has 2 aromatic heterocycles. The molecule has 2 heterocycles. The van der Waals surface area contributed by atoms with Crippen LogP contribution in [0.4, 0.5) is 5.69 Å². The van der Waals surface area contributed by atoms with Crippen LogP contribution in [-0.2, 0) is 9.59 Å². The molecular formula is C20H16ClN5O2. The zero-order valence-corrected chi connectivity index (χ0v) is 15.6. The summed E-state index contributed by atoms with van der Waals surface area (Å²) in [6.07, 6.45) is 5.32. The Bertz CT molecular complexity index is 1190. The van der Waals surface area contributed by atoms with Crippen LogP contribution in [0.3, 0.4) is 0 Å². The summed E-state index contributed by atoms with van der Waals surface area (Å²) in [4.78, 5) is 26.4. The molecule has 0 unspecified atom stereocenters. The fourth-order valence-electron chi connectivity index (χ4n) is 2.93. The molecule has 4 aromatic rings. The Balaban J connectivity index is 1.67. The summed E-state index contributed by atoms with van der Waals surface area (Å²) in [6.45, 7) is 0. The van der Waals surface area contributed by atoms with Crippen LogP contribution in [0, 0.1) is 0 Å². The van der Waals surface area contributed by atoms with Crippen molar-refractivity contribution in [2.45, 2.75) is 0 Å². The predicted molar refractivity (Wildman–Crippen MR) is 109 cm³/mol. The lowest BCUT2D eigenvalue weighted by Gasteiger charge is -2.04. The number of carbonyl (C=O) groups excluding carboxylic acids is 2. The van der Waals surface area contributed by atoms with Crippen molar-refractivity contribution < 1.29 is 9.59 Å². The molecule has 140 valence electrons. The molecule has 0 saturated carbocycles. The molecule has 0 atom stereocenters. The van der Waals surface area contributed by atoms with Gasteiger partial charge in [0.25, 0.3) is 0 Å². The maximum atomic E-state index is 11.9. The minimum atomic E-state index is -0.720. The number of amides is 2. The molecule has 2 aromatic carbocycles. The van der Waals surface area contributed by atoms with E-state index in [-0.39, 0.29) is 0 Å². The Kier molecular flexibility index (Phi) is 4.58. The number of aromatic amines is 1. The molecular weight excluding hydrogens is 378 g/mol. The van der Waals surface area contributed by atoms with E-state index in [1.54, 1.807) is 17.1 Å². The van der Waals surface area contributed by atoms with Gasteiger partial charge in [0.15, 0.2) is 0 Å². The van der Waals surface area contributed by atoms with Crippen molar-refractivity contribution in [1.29, 1.82) is 0 Å². The van der Waals surface area contributed by atoms with Gasteiger partial charge in [0, 0.05) is 40.9 Å². The molecule has 2 amide bonds. The summed E-state index contributed by atoms with van der Waals surface area (Å²) in [5.41, 5.74) is 4.08. The first-order chi connectivity index (χ1) is 13.5. The standard InChI is InChI=1S/C20H16ClN5O2/c1-22-19(27)20(28)25-18-10-23-17-6-5-12(7-16(17)18)13-9-24-26(11-13)15-4-2-3-14(21)8-15/h2-11,23H,1H3,(H,22,27)(H,25,28). The highest BCUT2D eigenvalue weighted by molar-refractivity contribution is 6.40.